The Labute approximate surface area is 129 Å². The molecule has 1 amide bonds. The lowest BCUT2D eigenvalue weighted by Gasteiger charge is -2.29. The Balaban J connectivity index is 1.92. The quantitative estimate of drug-likeness (QED) is 0.665. The highest BCUT2D eigenvalue weighted by Crippen LogP contribution is 2.32. The lowest BCUT2D eigenvalue weighted by atomic mass is 10.0. The number of carbonyl (C=O) groups excluding carboxylic acids is 1. The van der Waals surface area contributed by atoms with Crippen LogP contribution in [0.3, 0.4) is 0 Å². The minimum atomic E-state index is 0.0580. The zero-order valence-corrected chi connectivity index (χ0v) is 13.8. The third kappa shape index (κ3) is 4.43. The molecule has 2 atom stereocenters. The molecule has 21 heavy (non-hydrogen) atoms. The summed E-state index contributed by atoms with van der Waals surface area (Å²) in [4.78, 5) is 14.8. The molecule has 2 rings (SSSR count). The summed E-state index contributed by atoms with van der Waals surface area (Å²) in [5.41, 5.74) is 0. The third-order valence-corrected chi connectivity index (χ3v) is 4.87. The maximum Gasteiger partial charge on any atom is 0.241 e. The smallest absolute Gasteiger partial charge is 0.241 e. The Bertz CT molecular complexity index is 316. The van der Waals surface area contributed by atoms with Crippen LogP contribution in [0.15, 0.2) is 0 Å². The molecule has 0 bridgehead atoms. The van der Waals surface area contributed by atoms with Crippen LogP contribution in [0.1, 0.15) is 65.2 Å². The van der Waals surface area contributed by atoms with Crippen LogP contribution in [0.2, 0.25) is 0 Å². The largest absolute Gasteiger partial charge is 0.382 e. The lowest BCUT2D eigenvalue weighted by Crippen LogP contribution is -2.43. The van der Waals surface area contributed by atoms with E-state index in [1.807, 2.05) is 6.92 Å². The SMILES string of the molecule is CCCCC1NC(C2CCCC2)N(CCCOCC)C1=O. The number of amides is 1. The van der Waals surface area contributed by atoms with E-state index in [0.717, 1.165) is 45.4 Å². The minimum Gasteiger partial charge on any atom is -0.382 e. The van der Waals surface area contributed by atoms with E-state index in [1.165, 1.54) is 25.7 Å². The number of ether oxygens (including phenoxy) is 1. The number of nitrogens with zero attached hydrogens (tertiary/aromatic N) is 1. The lowest BCUT2D eigenvalue weighted by molar-refractivity contribution is -0.131. The number of hydrogen-bond donors (Lipinski definition) is 1. The van der Waals surface area contributed by atoms with E-state index in [-0.39, 0.29) is 12.2 Å². The molecule has 1 aliphatic heterocycles. The molecule has 2 unspecified atom stereocenters. The monoisotopic (exact) mass is 296 g/mol. The Hall–Kier alpha value is -0.610. The van der Waals surface area contributed by atoms with Crippen molar-refractivity contribution in [3.05, 3.63) is 0 Å². The van der Waals surface area contributed by atoms with Gasteiger partial charge in [-0.3, -0.25) is 10.1 Å². The summed E-state index contributed by atoms with van der Waals surface area (Å²) < 4.78 is 5.42. The maximum atomic E-state index is 12.7. The van der Waals surface area contributed by atoms with Crippen LogP contribution in [-0.2, 0) is 9.53 Å². The van der Waals surface area contributed by atoms with Gasteiger partial charge in [-0.1, -0.05) is 32.6 Å². The van der Waals surface area contributed by atoms with Crippen LogP contribution in [0.25, 0.3) is 0 Å². The molecule has 2 fully saturated rings. The van der Waals surface area contributed by atoms with Crippen molar-refractivity contribution < 1.29 is 9.53 Å². The van der Waals surface area contributed by atoms with Crippen LogP contribution in [0.4, 0.5) is 0 Å². The molecule has 1 aliphatic carbocycles. The Morgan fingerprint density at radius 2 is 2.00 bits per heavy atom. The van der Waals surface area contributed by atoms with E-state index >= 15 is 0 Å². The fraction of sp³-hybridized carbons (Fsp3) is 0.941. The van der Waals surface area contributed by atoms with Crippen molar-refractivity contribution in [2.45, 2.75) is 77.4 Å². The van der Waals surface area contributed by atoms with Crippen molar-refractivity contribution >= 4 is 5.91 Å². The second-order valence-corrected chi connectivity index (χ2v) is 6.43. The molecule has 1 heterocycles. The van der Waals surface area contributed by atoms with Gasteiger partial charge in [0.1, 0.15) is 0 Å². The first kappa shape index (κ1) is 16.8. The summed E-state index contributed by atoms with van der Waals surface area (Å²) in [6.07, 6.45) is 9.69. The number of carbonyl (C=O) groups is 1. The maximum absolute atomic E-state index is 12.7. The molecular weight excluding hydrogens is 264 g/mol. The minimum absolute atomic E-state index is 0.0580. The molecule has 122 valence electrons. The number of rotatable bonds is 9. The van der Waals surface area contributed by atoms with Gasteiger partial charge in [-0.05, 0) is 38.5 Å². The first-order valence-electron chi connectivity index (χ1n) is 8.92. The normalized spacial score (nSPS) is 27.0. The summed E-state index contributed by atoms with van der Waals surface area (Å²) in [5.74, 6) is 0.990. The van der Waals surface area contributed by atoms with E-state index in [4.69, 9.17) is 4.74 Å². The van der Waals surface area contributed by atoms with Gasteiger partial charge >= 0.3 is 0 Å². The van der Waals surface area contributed by atoms with E-state index in [0.29, 0.717) is 11.8 Å². The Morgan fingerprint density at radius 1 is 1.24 bits per heavy atom. The van der Waals surface area contributed by atoms with Gasteiger partial charge < -0.3 is 9.64 Å². The number of unbranched alkanes of at least 4 members (excludes halogenated alkanes) is 1. The standard InChI is InChI=1S/C17H32N2O2/c1-3-5-11-15-17(20)19(12-8-13-21-4-2)16(18-15)14-9-6-7-10-14/h14-16,18H,3-13H2,1-2H3. The molecule has 4 heteroatoms. The Kier molecular flexibility index (Phi) is 6.97. The van der Waals surface area contributed by atoms with Crippen molar-refractivity contribution in [3.63, 3.8) is 0 Å². The second kappa shape index (κ2) is 8.74. The first-order valence-corrected chi connectivity index (χ1v) is 8.92. The van der Waals surface area contributed by atoms with Gasteiger partial charge in [-0.25, -0.2) is 0 Å². The number of hydrogen-bond acceptors (Lipinski definition) is 3. The summed E-state index contributed by atoms with van der Waals surface area (Å²) in [5, 5.41) is 3.64. The van der Waals surface area contributed by atoms with E-state index in [9.17, 15) is 4.79 Å². The molecule has 1 N–H and O–H groups in total. The van der Waals surface area contributed by atoms with Gasteiger partial charge in [0.05, 0.1) is 12.2 Å². The molecule has 0 aromatic rings. The highest BCUT2D eigenvalue weighted by atomic mass is 16.5. The first-order chi connectivity index (χ1) is 10.3. The van der Waals surface area contributed by atoms with Gasteiger partial charge in [0, 0.05) is 19.8 Å². The predicted octanol–water partition coefficient (Wildman–Crippen LogP) is 2.92. The molecule has 0 aromatic heterocycles. The molecule has 2 aliphatic rings. The van der Waals surface area contributed by atoms with Crippen molar-refractivity contribution in [1.29, 1.82) is 0 Å². The van der Waals surface area contributed by atoms with Crippen LogP contribution >= 0.6 is 0 Å². The highest BCUT2D eigenvalue weighted by Gasteiger charge is 2.42. The summed E-state index contributed by atoms with van der Waals surface area (Å²) in [7, 11) is 0. The van der Waals surface area contributed by atoms with E-state index in [2.05, 4.69) is 17.1 Å². The van der Waals surface area contributed by atoms with Crippen LogP contribution in [-0.4, -0.2) is 42.8 Å². The van der Waals surface area contributed by atoms with Gasteiger partial charge in [-0.15, -0.1) is 0 Å². The topological polar surface area (TPSA) is 41.6 Å². The predicted molar refractivity (Wildman–Crippen MR) is 85.0 cm³/mol. The van der Waals surface area contributed by atoms with Crippen molar-refractivity contribution in [2.75, 3.05) is 19.8 Å². The van der Waals surface area contributed by atoms with Crippen LogP contribution < -0.4 is 5.32 Å². The van der Waals surface area contributed by atoms with Crippen LogP contribution in [0.5, 0.6) is 0 Å². The molecule has 0 spiro atoms. The fourth-order valence-electron chi connectivity index (χ4n) is 3.71. The summed E-state index contributed by atoms with van der Waals surface area (Å²) >= 11 is 0. The fourth-order valence-corrected chi connectivity index (χ4v) is 3.71. The average molecular weight is 296 g/mol. The van der Waals surface area contributed by atoms with Crippen molar-refractivity contribution in [3.8, 4) is 0 Å². The summed E-state index contributed by atoms with van der Waals surface area (Å²) in [6.45, 7) is 6.57. The Morgan fingerprint density at radius 3 is 2.67 bits per heavy atom. The van der Waals surface area contributed by atoms with Crippen LogP contribution in [0, 0.1) is 5.92 Å². The molecule has 4 nitrogen and oxygen atoms in total. The average Bonchev–Trinajstić information content (AvgIpc) is 3.11. The van der Waals surface area contributed by atoms with Gasteiger partial charge in [0.15, 0.2) is 0 Å². The molecular formula is C17H32N2O2. The zero-order valence-electron chi connectivity index (χ0n) is 13.8. The summed E-state index contributed by atoms with van der Waals surface area (Å²) in [6, 6.07) is 0.0580. The van der Waals surface area contributed by atoms with E-state index < -0.39 is 0 Å². The van der Waals surface area contributed by atoms with Gasteiger partial charge in [0.25, 0.3) is 0 Å². The number of nitrogens with one attached hydrogen (secondary N) is 1. The third-order valence-electron chi connectivity index (χ3n) is 4.87. The van der Waals surface area contributed by atoms with Gasteiger partial charge in [-0.2, -0.15) is 0 Å². The second-order valence-electron chi connectivity index (χ2n) is 6.43. The van der Waals surface area contributed by atoms with Gasteiger partial charge in [0.2, 0.25) is 5.91 Å². The van der Waals surface area contributed by atoms with Crippen molar-refractivity contribution in [2.24, 2.45) is 5.92 Å². The molecule has 0 radical (unpaired) electrons. The van der Waals surface area contributed by atoms with E-state index in [1.54, 1.807) is 0 Å². The van der Waals surface area contributed by atoms with Crippen molar-refractivity contribution in [1.82, 2.24) is 10.2 Å². The molecule has 1 saturated carbocycles. The molecule has 1 saturated heterocycles. The zero-order chi connectivity index (χ0) is 15.1. The highest BCUT2D eigenvalue weighted by molar-refractivity contribution is 5.84. The molecule has 0 aromatic carbocycles.